The van der Waals surface area contributed by atoms with Gasteiger partial charge >= 0.3 is 5.97 Å². The van der Waals surface area contributed by atoms with Crippen molar-refractivity contribution in [3.05, 3.63) is 24.8 Å². The number of allylic oxidation sites excluding steroid dienone is 2. The first-order valence-electron chi connectivity index (χ1n) is 11.4. The molecule has 0 saturated heterocycles. The average Bonchev–Trinajstić information content (AvgIpc) is 2.71. The third kappa shape index (κ3) is 16.6. The van der Waals surface area contributed by atoms with Crippen LogP contribution in [0.25, 0.3) is 0 Å². The molecular formula is C24H43NO3. The summed E-state index contributed by atoms with van der Waals surface area (Å²) in [6.07, 6.45) is 23.4. The van der Waals surface area contributed by atoms with Gasteiger partial charge in [0.15, 0.2) is 0 Å². The lowest BCUT2D eigenvalue weighted by atomic mass is 9.95. The maximum absolute atomic E-state index is 12.1. The lowest BCUT2D eigenvalue weighted by Gasteiger charge is -2.15. The second-order valence-corrected chi connectivity index (χ2v) is 7.60. The fraction of sp³-hybridized carbons (Fsp3) is 0.750. The fourth-order valence-corrected chi connectivity index (χ4v) is 3.27. The Hall–Kier alpha value is -1.58. The van der Waals surface area contributed by atoms with E-state index in [0.717, 1.165) is 44.6 Å². The summed E-state index contributed by atoms with van der Waals surface area (Å²) in [6, 6.07) is 0. The van der Waals surface area contributed by atoms with Crippen molar-refractivity contribution in [1.82, 2.24) is 5.48 Å². The van der Waals surface area contributed by atoms with Crippen molar-refractivity contribution >= 4 is 11.9 Å². The summed E-state index contributed by atoms with van der Waals surface area (Å²) in [5, 5.41) is 0. The first-order chi connectivity index (χ1) is 13.7. The molecule has 0 aromatic carbocycles. The summed E-state index contributed by atoms with van der Waals surface area (Å²) in [7, 11) is 0. The number of rotatable bonds is 18. The minimum absolute atomic E-state index is 0.0835. The molecule has 0 aromatic heterocycles. The van der Waals surface area contributed by atoms with E-state index in [-0.39, 0.29) is 11.8 Å². The summed E-state index contributed by atoms with van der Waals surface area (Å²) < 4.78 is 0. The van der Waals surface area contributed by atoms with Crippen molar-refractivity contribution in [2.24, 2.45) is 5.92 Å². The van der Waals surface area contributed by atoms with E-state index in [1.807, 2.05) is 0 Å². The topological polar surface area (TPSA) is 55.4 Å². The molecule has 4 heteroatoms. The molecule has 1 N–H and O–H groups in total. The molecule has 0 aliphatic heterocycles. The fourth-order valence-electron chi connectivity index (χ4n) is 3.27. The first kappa shape index (κ1) is 26.4. The van der Waals surface area contributed by atoms with Gasteiger partial charge in [0.25, 0.3) is 5.91 Å². The Morgan fingerprint density at radius 1 is 0.821 bits per heavy atom. The molecule has 0 radical (unpaired) electrons. The molecule has 0 saturated carbocycles. The molecular weight excluding hydrogens is 350 g/mol. The quantitative estimate of drug-likeness (QED) is 0.120. The Labute approximate surface area is 173 Å². The predicted molar refractivity (Wildman–Crippen MR) is 118 cm³/mol. The van der Waals surface area contributed by atoms with Crippen molar-refractivity contribution in [2.45, 2.75) is 110 Å². The molecule has 28 heavy (non-hydrogen) atoms. The normalized spacial score (nSPS) is 12.1. The Balaban J connectivity index is 3.66. The van der Waals surface area contributed by atoms with E-state index >= 15 is 0 Å². The molecule has 0 heterocycles. The van der Waals surface area contributed by atoms with Gasteiger partial charge in [-0.05, 0) is 38.5 Å². The Morgan fingerprint density at radius 2 is 1.39 bits per heavy atom. The number of hydroxylamine groups is 1. The number of hydrogen-bond donors (Lipinski definition) is 1. The van der Waals surface area contributed by atoms with Crippen molar-refractivity contribution in [2.75, 3.05) is 0 Å². The zero-order valence-corrected chi connectivity index (χ0v) is 18.3. The molecule has 1 amide bonds. The summed E-state index contributed by atoms with van der Waals surface area (Å²) in [6.45, 7) is 7.63. The molecule has 1 unspecified atom stereocenters. The SMILES string of the molecule is C=CC(=O)ONC(=O)C(CCC)CCCCCCC=CCCCCCCCC. The van der Waals surface area contributed by atoms with Gasteiger partial charge in [0.2, 0.25) is 0 Å². The van der Waals surface area contributed by atoms with E-state index in [2.05, 4.69) is 42.9 Å². The van der Waals surface area contributed by atoms with E-state index in [4.69, 9.17) is 0 Å². The minimum Gasteiger partial charge on any atom is -0.336 e. The van der Waals surface area contributed by atoms with Crippen LogP contribution in [0.1, 0.15) is 110 Å². The van der Waals surface area contributed by atoms with Crippen molar-refractivity contribution in [1.29, 1.82) is 0 Å². The van der Waals surface area contributed by atoms with Gasteiger partial charge in [0.1, 0.15) is 0 Å². The monoisotopic (exact) mass is 393 g/mol. The smallest absolute Gasteiger partial charge is 0.336 e. The largest absolute Gasteiger partial charge is 0.355 e. The van der Waals surface area contributed by atoms with Crippen LogP contribution in [0.3, 0.4) is 0 Å². The van der Waals surface area contributed by atoms with Crippen molar-refractivity contribution in [3.8, 4) is 0 Å². The van der Waals surface area contributed by atoms with Crippen LogP contribution in [-0.2, 0) is 14.4 Å². The Morgan fingerprint density at radius 3 is 1.96 bits per heavy atom. The summed E-state index contributed by atoms with van der Waals surface area (Å²) in [5.41, 5.74) is 2.25. The van der Waals surface area contributed by atoms with Gasteiger partial charge in [-0.1, -0.05) is 90.4 Å². The number of unbranched alkanes of at least 4 members (excludes halogenated alkanes) is 10. The van der Waals surface area contributed by atoms with Crippen LogP contribution in [0.15, 0.2) is 24.8 Å². The third-order valence-electron chi connectivity index (χ3n) is 4.99. The number of carbonyl (C=O) groups is 2. The van der Waals surface area contributed by atoms with Crippen LogP contribution in [0.2, 0.25) is 0 Å². The third-order valence-corrected chi connectivity index (χ3v) is 4.99. The Bertz CT molecular complexity index is 432. The highest BCUT2D eigenvalue weighted by Crippen LogP contribution is 2.17. The molecule has 0 aromatic rings. The molecule has 0 rings (SSSR count). The summed E-state index contributed by atoms with van der Waals surface area (Å²) >= 11 is 0. The van der Waals surface area contributed by atoms with Gasteiger partial charge in [-0.3, -0.25) is 4.79 Å². The average molecular weight is 394 g/mol. The maximum Gasteiger partial charge on any atom is 0.355 e. The molecule has 0 fully saturated rings. The molecule has 4 nitrogen and oxygen atoms in total. The number of hydrogen-bond acceptors (Lipinski definition) is 3. The second-order valence-electron chi connectivity index (χ2n) is 7.60. The molecule has 0 aliphatic rings. The highest BCUT2D eigenvalue weighted by Gasteiger charge is 2.18. The Kier molecular flexibility index (Phi) is 19.0. The van der Waals surface area contributed by atoms with Crippen LogP contribution in [-0.4, -0.2) is 11.9 Å². The lowest BCUT2D eigenvalue weighted by molar-refractivity contribution is -0.155. The van der Waals surface area contributed by atoms with Crippen LogP contribution < -0.4 is 5.48 Å². The zero-order valence-electron chi connectivity index (χ0n) is 18.3. The van der Waals surface area contributed by atoms with E-state index in [0.29, 0.717) is 0 Å². The summed E-state index contributed by atoms with van der Waals surface area (Å²) in [4.78, 5) is 27.8. The van der Waals surface area contributed by atoms with E-state index in [1.165, 1.54) is 57.8 Å². The number of carbonyl (C=O) groups excluding carboxylic acids is 2. The van der Waals surface area contributed by atoms with E-state index < -0.39 is 5.97 Å². The van der Waals surface area contributed by atoms with Gasteiger partial charge in [-0.25, -0.2) is 4.79 Å². The van der Waals surface area contributed by atoms with Crippen LogP contribution in [0.4, 0.5) is 0 Å². The van der Waals surface area contributed by atoms with Gasteiger partial charge in [-0.2, -0.15) is 5.48 Å². The highest BCUT2D eigenvalue weighted by molar-refractivity contribution is 5.84. The lowest BCUT2D eigenvalue weighted by Crippen LogP contribution is -2.32. The highest BCUT2D eigenvalue weighted by atomic mass is 16.7. The molecule has 162 valence electrons. The molecule has 0 bridgehead atoms. The predicted octanol–water partition coefficient (Wildman–Crippen LogP) is 6.81. The molecule has 0 spiro atoms. The van der Waals surface area contributed by atoms with Crippen LogP contribution >= 0.6 is 0 Å². The van der Waals surface area contributed by atoms with Gasteiger partial charge in [-0.15, -0.1) is 0 Å². The number of nitrogens with one attached hydrogen (secondary N) is 1. The minimum atomic E-state index is -0.631. The van der Waals surface area contributed by atoms with Crippen LogP contribution in [0.5, 0.6) is 0 Å². The van der Waals surface area contributed by atoms with Gasteiger partial charge < -0.3 is 4.84 Å². The second kappa shape index (κ2) is 20.2. The van der Waals surface area contributed by atoms with Crippen molar-refractivity contribution in [3.63, 3.8) is 0 Å². The maximum atomic E-state index is 12.1. The van der Waals surface area contributed by atoms with Crippen molar-refractivity contribution < 1.29 is 14.4 Å². The van der Waals surface area contributed by atoms with E-state index in [9.17, 15) is 9.59 Å². The molecule has 1 atom stereocenters. The zero-order chi connectivity index (χ0) is 20.9. The summed E-state index contributed by atoms with van der Waals surface area (Å²) in [5.74, 6) is -0.914. The first-order valence-corrected chi connectivity index (χ1v) is 11.4. The standard InChI is InChI=1S/C24H43NO3/c1-4-7-8-9-10-11-12-13-14-15-16-17-18-19-21-22(20-5-2)24(27)25-28-23(26)6-3/h6,13-14,22H,3-5,7-12,15-21H2,1-2H3,(H,25,27). The van der Waals surface area contributed by atoms with E-state index in [1.54, 1.807) is 0 Å². The van der Waals surface area contributed by atoms with Crippen LogP contribution in [0, 0.1) is 5.92 Å². The number of amides is 1. The molecule has 0 aliphatic carbocycles. The van der Waals surface area contributed by atoms with Gasteiger partial charge in [0.05, 0.1) is 0 Å². The van der Waals surface area contributed by atoms with Gasteiger partial charge in [0, 0.05) is 12.0 Å².